The van der Waals surface area contributed by atoms with Crippen molar-refractivity contribution in [1.29, 1.82) is 0 Å². The fourth-order valence-corrected chi connectivity index (χ4v) is 5.00. The zero-order valence-corrected chi connectivity index (χ0v) is 24.0. The van der Waals surface area contributed by atoms with Crippen molar-refractivity contribution in [2.75, 3.05) is 24.2 Å². The van der Waals surface area contributed by atoms with Crippen LogP contribution >= 0.6 is 11.6 Å². The summed E-state index contributed by atoms with van der Waals surface area (Å²) in [4.78, 5) is 28.2. The Morgan fingerprint density at radius 3 is 2.14 bits per heavy atom. The number of hydrogen-bond donors (Lipinski definition) is 1. The normalized spacial score (nSPS) is 12.5. The van der Waals surface area contributed by atoms with Gasteiger partial charge in [0, 0.05) is 30.1 Å². The number of amides is 2. The van der Waals surface area contributed by atoms with Crippen LogP contribution in [0.4, 0.5) is 5.69 Å². The maximum Gasteiger partial charge on any atom is 0.243 e. The Labute approximate surface area is 226 Å². The molecule has 2 amide bonds. The number of anilines is 1. The third-order valence-electron chi connectivity index (χ3n) is 5.66. The quantitative estimate of drug-likeness (QED) is 0.415. The molecule has 0 aromatic heterocycles. The van der Waals surface area contributed by atoms with Crippen LogP contribution in [0.15, 0.2) is 48.5 Å². The summed E-state index contributed by atoms with van der Waals surface area (Å²) in [5.41, 5.74) is 0.883. The van der Waals surface area contributed by atoms with E-state index in [2.05, 4.69) is 5.32 Å². The highest BCUT2D eigenvalue weighted by molar-refractivity contribution is 7.92. The molecule has 204 valence electrons. The first-order valence-electron chi connectivity index (χ1n) is 12.2. The van der Waals surface area contributed by atoms with Crippen molar-refractivity contribution in [1.82, 2.24) is 10.2 Å². The van der Waals surface area contributed by atoms with E-state index < -0.39 is 21.6 Å². The van der Waals surface area contributed by atoms with Crippen molar-refractivity contribution in [2.24, 2.45) is 0 Å². The summed E-state index contributed by atoms with van der Waals surface area (Å²) in [5.74, 6) is 0.159. The van der Waals surface area contributed by atoms with E-state index in [0.717, 1.165) is 11.8 Å². The van der Waals surface area contributed by atoms with Crippen LogP contribution in [0.3, 0.4) is 0 Å². The highest BCUT2D eigenvalue weighted by Crippen LogP contribution is 2.23. The second kappa shape index (κ2) is 13.1. The smallest absolute Gasteiger partial charge is 0.243 e. The molecule has 2 rings (SSSR count). The van der Waals surface area contributed by atoms with E-state index in [-0.39, 0.29) is 37.7 Å². The zero-order valence-electron chi connectivity index (χ0n) is 22.5. The molecule has 2 aromatic carbocycles. The van der Waals surface area contributed by atoms with Gasteiger partial charge in [-0.05, 0) is 75.6 Å². The van der Waals surface area contributed by atoms with E-state index in [0.29, 0.717) is 22.9 Å². The molecule has 0 bridgehead atoms. The SMILES string of the molecule is CCC(C(=O)NC(C)(C)C)N(Cc1ccc(Cl)cc1)C(=O)CCCN(c1ccc(OC)cc1)S(C)(=O)=O. The Bertz CT molecular complexity index is 1150. The summed E-state index contributed by atoms with van der Waals surface area (Å²) in [7, 11) is -2.03. The second-order valence-electron chi connectivity index (χ2n) is 9.95. The third-order valence-corrected chi connectivity index (χ3v) is 7.11. The Morgan fingerprint density at radius 2 is 1.65 bits per heavy atom. The van der Waals surface area contributed by atoms with Crippen LogP contribution in [0.1, 0.15) is 52.5 Å². The van der Waals surface area contributed by atoms with E-state index in [1.165, 1.54) is 11.4 Å². The molecule has 0 radical (unpaired) electrons. The van der Waals surface area contributed by atoms with Gasteiger partial charge in [0.05, 0.1) is 19.1 Å². The number of carbonyl (C=O) groups is 2. The number of nitrogens with one attached hydrogen (secondary N) is 1. The Morgan fingerprint density at radius 1 is 1.05 bits per heavy atom. The number of rotatable bonds is 12. The lowest BCUT2D eigenvalue weighted by molar-refractivity contribution is -0.142. The molecular weight excluding hydrogens is 514 g/mol. The molecule has 1 N–H and O–H groups in total. The summed E-state index contributed by atoms with van der Waals surface area (Å²) in [6.45, 7) is 7.90. The molecule has 37 heavy (non-hydrogen) atoms. The van der Waals surface area contributed by atoms with Gasteiger partial charge < -0.3 is 15.0 Å². The van der Waals surface area contributed by atoms with Gasteiger partial charge in [0.2, 0.25) is 21.8 Å². The summed E-state index contributed by atoms with van der Waals surface area (Å²) < 4.78 is 31.4. The lowest BCUT2D eigenvalue weighted by atomic mass is 10.0. The molecule has 0 saturated heterocycles. The van der Waals surface area contributed by atoms with E-state index in [1.54, 1.807) is 41.3 Å². The molecule has 0 saturated carbocycles. The number of ether oxygens (including phenoxy) is 1. The number of halogens is 1. The zero-order chi connectivity index (χ0) is 27.8. The van der Waals surface area contributed by atoms with Gasteiger partial charge >= 0.3 is 0 Å². The monoisotopic (exact) mass is 551 g/mol. The first-order chi connectivity index (χ1) is 17.2. The van der Waals surface area contributed by atoms with Gasteiger partial charge in [0.1, 0.15) is 11.8 Å². The number of carbonyl (C=O) groups excluding carboxylic acids is 2. The van der Waals surface area contributed by atoms with Gasteiger partial charge in [-0.15, -0.1) is 0 Å². The van der Waals surface area contributed by atoms with Crippen LogP contribution in [0.5, 0.6) is 5.75 Å². The van der Waals surface area contributed by atoms with Gasteiger partial charge in [-0.3, -0.25) is 13.9 Å². The molecule has 0 aliphatic carbocycles. The molecule has 0 aliphatic heterocycles. The topological polar surface area (TPSA) is 96.0 Å². The predicted molar refractivity (Wildman–Crippen MR) is 148 cm³/mol. The molecule has 0 fully saturated rings. The summed E-state index contributed by atoms with van der Waals surface area (Å²) in [6, 6.07) is 13.2. The molecule has 8 nitrogen and oxygen atoms in total. The van der Waals surface area contributed by atoms with Crippen molar-refractivity contribution in [3.05, 3.63) is 59.1 Å². The van der Waals surface area contributed by atoms with Gasteiger partial charge in [-0.25, -0.2) is 8.42 Å². The fourth-order valence-electron chi connectivity index (χ4n) is 3.91. The standard InChI is InChI=1S/C27H38ClN3O5S/c1-7-24(26(33)29-27(2,3)4)30(19-20-10-12-21(28)13-11-20)25(32)9-8-18-31(37(6,34)35)22-14-16-23(36-5)17-15-22/h10-17,24H,7-9,18-19H2,1-6H3,(H,29,33). The molecule has 0 heterocycles. The van der Waals surface area contributed by atoms with Crippen LogP contribution in [0.2, 0.25) is 5.02 Å². The average Bonchev–Trinajstić information content (AvgIpc) is 2.81. The van der Waals surface area contributed by atoms with E-state index in [4.69, 9.17) is 16.3 Å². The molecule has 0 spiro atoms. The minimum atomic E-state index is -3.57. The first-order valence-corrected chi connectivity index (χ1v) is 14.5. The van der Waals surface area contributed by atoms with Crippen molar-refractivity contribution in [3.63, 3.8) is 0 Å². The summed E-state index contributed by atoms with van der Waals surface area (Å²) in [6.07, 6.45) is 1.93. The highest BCUT2D eigenvalue weighted by Gasteiger charge is 2.30. The van der Waals surface area contributed by atoms with Gasteiger partial charge in [0.25, 0.3) is 0 Å². The summed E-state index contributed by atoms with van der Waals surface area (Å²) >= 11 is 6.02. The number of benzene rings is 2. The lowest BCUT2D eigenvalue weighted by Gasteiger charge is -2.33. The molecule has 2 aromatic rings. The number of methoxy groups -OCH3 is 1. The van der Waals surface area contributed by atoms with Crippen molar-refractivity contribution >= 4 is 39.1 Å². The number of nitrogens with zero attached hydrogens (tertiary/aromatic N) is 2. The molecule has 0 aliphatic rings. The van der Waals surface area contributed by atoms with Gasteiger partial charge in [-0.1, -0.05) is 30.7 Å². The van der Waals surface area contributed by atoms with Crippen LogP contribution in [0, 0.1) is 0 Å². The first kappa shape index (κ1) is 30.4. The van der Waals surface area contributed by atoms with Crippen molar-refractivity contribution in [3.8, 4) is 5.75 Å². The van der Waals surface area contributed by atoms with Crippen LogP contribution in [0.25, 0.3) is 0 Å². The third kappa shape index (κ3) is 9.55. The number of sulfonamides is 1. The van der Waals surface area contributed by atoms with Gasteiger partial charge in [0.15, 0.2) is 0 Å². The Hall–Kier alpha value is -2.78. The van der Waals surface area contributed by atoms with Crippen LogP contribution < -0.4 is 14.4 Å². The largest absolute Gasteiger partial charge is 0.497 e. The minimum Gasteiger partial charge on any atom is -0.497 e. The van der Waals surface area contributed by atoms with E-state index >= 15 is 0 Å². The van der Waals surface area contributed by atoms with Gasteiger partial charge in [-0.2, -0.15) is 0 Å². The van der Waals surface area contributed by atoms with Crippen molar-refractivity contribution in [2.45, 2.75) is 65.1 Å². The number of hydrogen-bond acceptors (Lipinski definition) is 5. The molecular formula is C27H38ClN3O5S. The Balaban J connectivity index is 2.22. The molecule has 1 atom stereocenters. The van der Waals surface area contributed by atoms with Crippen molar-refractivity contribution < 1.29 is 22.7 Å². The average molecular weight is 552 g/mol. The second-order valence-corrected chi connectivity index (χ2v) is 12.3. The summed E-state index contributed by atoms with van der Waals surface area (Å²) in [5, 5.41) is 3.56. The fraction of sp³-hybridized carbons (Fsp3) is 0.481. The maximum absolute atomic E-state index is 13.5. The predicted octanol–water partition coefficient (Wildman–Crippen LogP) is 4.62. The highest BCUT2D eigenvalue weighted by atomic mass is 35.5. The van der Waals surface area contributed by atoms with Crippen LogP contribution in [-0.2, 0) is 26.2 Å². The maximum atomic E-state index is 13.5. The Kier molecular flexibility index (Phi) is 10.8. The van der Waals surface area contributed by atoms with Crippen LogP contribution in [-0.4, -0.2) is 56.6 Å². The minimum absolute atomic E-state index is 0.0784. The lowest BCUT2D eigenvalue weighted by Crippen LogP contribution is -2.53. The van der Waals surface area contributed by atoms with E-state index in [1.807, 2.05) is 39.8 Å². The molecule has 1 unspecified atom stereocenters. The van der Waals surface area contributed by atoms with E-state index in [9.17, 15) is 18.0 Å². The molecule has 10 heteroatoms.